The van der Waals surface area contributed by atoms with Crippen molar-refractivity contribution in [3.8, 4) is 0 Å². The average molecular weight is 287 g/mol. The van der Waals surface area contributed by atoms with E-state index in [1.165, 1.54) is 38.5 Å². The van der Waals surface area contributed by atoms with Crippen LogP contribution in [0.5, 0.6) is 0 Å². The van der Waals surface area contributed by atoms with Gasteiger partial charge in [-0.3, -0.25) is 0 Å². The van der Waals surface area contributed by atoms with Crippen molar-refractivity contribution in [2.75, 3.05) is 13.1 Å². The number of hydrogen-bond acceptors (Lipinski definition) is 4. The molecule has 4 bridgehead atoms. The summed E-state index contributed by atoms with van der Waals surface area (Å²) in [5.74, 6) is 3.23. The molecule has 5 fully saturated rings. The van der Waals surface area contributed by atoms with E-state index in [-0.39, 0.29) is 5.41 Å². The second kappa shape index (κ2) is 3.70. The Kier molecular flexibility index (Phi) is 2.23. The Bertz CT molecular complexity index is 573. The molecule has 1 aromatic heterocycles. The van der Waals surface area contributed by atoms with E-state index in [9.17, 15) is 0 Å². The molecule has 0 spiro atoms. The minimum absolute atomic E-state index is 0.210. The lowest BCUT2D eigenvalue weighted by Crippen LogP contribution is -2.57. The summed E-state index contributed by atoms with van der Waals surface area (Å²) in [6.45, 7) is 6.99. The van der Waals surface area contributed by atoms with Gasteiger partial charge in [0.15, 0.2) is 5.82 Å². The van der Waals surface area contributed by atoms with Gasteiger partial charge >= 0.3 is 0 Å². The summed E-state index contributed by atoms with van der Waals surface area (Å²) < 4.78 is 5.62. The fraction of sp³-hybridized carbons (Fsp3) is 0.882. The van der Waals surface area contributed by atoms with E-state index < -0.39 is 0 Å². The molecule has 114 valence electrons. The molecule has 6 rings (SSSR count). The maximum atomic E-state index is 5.62. The maximum Gasteiger partial charge on any atom is 0.232 e. The Morgan fingerprint density at radius 3 is 2.33 bits per heavy atom. The molecule has 4 heteroatoms. The topological polar surface area (TPSA) is 51.0 Å². The number of hydrogen-bond donors (Lipinski definition) is 1. The molecule has 4 saturated carbocycles. The Morgan fingerprint density at radius 2 is 1.76 bits per heavy atom. The van der Waals surface area contributed by atoms with Crippen LogP contribution in [-0.4, -0.2) is 23.2 Å². The van der Waals surface area contributed by atoms with Gasteiger partial charge in [0, 0.05) is 18.5 Å². The third-order valence-corrected chi connectivity index (χ3v) is 6.67. The number of aromatic nitrogens is 2. The van der Waals surface area contributed by atoms with Crippen LogP contribution < -0.4 is 5.32 Å². The Labute approximate surface area is 126 Å². The van der Waals surface area contributed by atoms with Crippen molar-refractivity contribution < 1.29 is 4.52 Å². The molecular formula is C17H25N3O. The van der Waals surface area contributed by atoms with E-state index in [1.54, 1.807) is 0 Å². The molecular weight excluding hydrogens is 262 g/mol. The van der Waals surface area contributed by atoms with Crippen LogP contribution in [0.2, 0.25) is 0 Å². The van der Waals surface area contributed by atoms with Crippen molar-refractivity contribution in [3.05, 3.63) is 11.7 Å². The summed E-state index contributed by atoms with van der Waals surface area (Å²) in [6.07, 6.45) is 8.07. The molecule has 2 atom stereocenters. The fourth-order valence-corrected chi connectivity index (χ4v) is 6.78. The summed E-state index contributed by atoms with van der Waals surface area (Å²) in [4.78, 5) is 4.87. The zero-order valence-electron chi connectivity index (χ0n) is 13.1. The van der Waals surface area contributed by atoms with Crippen LogP contribution in [0.4, 0.5) is 0 Å². The third kappa shape index (κ3) is 1.71. The van der Waals surface area contributed by atoms with Gasteiger partial charge in [-0.05, 0) is 55.3 Å². The second-order valence-corrected chi connectivity index (χ2v) is 9.22. The van der Waals surface area contributed by atoms with Gasteiger partial charge < -0.3 is 9.84 Å². The van der Waals surface area contributed by atoms with E-state index >= 15 is 0 Å². The lowest BCUT2D eigenvalue weighted by molar-refractivity contribution is -0.113. The summed E-state index contributed by atoms with van der Waals surface area (Å²) in [5.41, 5.74) is 1.22. The van der Waals surface area contributed by atoms with Gasteiger partial charge in [0.1, 0.15) is 0 Å². The maximum absolute atomic E-state index is 5.62. The summed E-state index contributed by atoms with van der Waals surface area (Å²) in [6, 6.07) is 0. The van der Waals surface area contributed by atoms with E-state index in [4.69, 9.17) is 9.51 Å². The normalized spacial score (nSPS) is 48.6. The van der Waals surface area contributed by atoms with Crippen molar-refractivity contribution in [1.29, 1.82) is 0 Å². The lowest BCUT2D eigenvalue weighted by Gasteiger charge is -2.64. The van der Waals surface area contributed by atoms with Crippen LogP contribution in [0.3, 0.4) is 0 Å². The van der Waals surface area contributed by atoms with Gasteiger partial charge in [0.05, 0.1) is 5.92 Å². The van der Waals surface area contributed by atoms with Crippen molar-refractivity contribution in [2.24, 2.45) is 16.7 Å². The smallest absolute Gasteiger partial charge is 0.232 e. The van der Waals surface area contributed by atoms with Gasteiger partial charge in [0.2, 0.25) is 5.89 Å². The summed E-state index contributed by atoms with van der Waals surface area (Å²) in [5, 5.41) is 7.75. The first kappa shape index (κ1) is 12.6. The molecule has 1 N–H and O–H groups in total. The van der Waals surface area contributed by atoms with Crippen molar-refractivity contribution in [1.82, 2.24) is 15.5 Å². The largest absolute Gasteiger partial charge is 0.339 e. The predicted octanol–water partition coefficient (Wildman–Crippen LogP) is 3.00. The van der Waals surface area contributed by atoms with Gasteiger partial charge in [0.25, 0.3) is 0 Å². The highest BCUT2D eigenvalue weighted by Crippen LogP contribution is 2.69. The van der Waals surface area contributed by atoms with Crippen molar-refractivity contribution in [3.63, 3.8) is 0 Å². The van der Waals surface area contributed by atoms with Crippen LogP contribution in [-0.2, 0) is 5.41 Å². The first-order valence-electron chi connectivity index (χ1n) is 8.53. The van der Waals surface area contributed by atoms with Crippen LogP contribution in [0.15, 0.2) is 4.52 Å². The number of nitrogens with zero attached hydrogens (tertiary/aromatic N) is 2. The van der Waals surface area contributed by atoms with Gasteiger partial charge in [-0.15, -0.1) is 0 Å². The van der Waals surface area contributed by atoms with Crippen LogP contribution >= 0.6 is 0 Å². The molecule has 5 aliphatic rings. The van der Waals surface area contributed by atoms with Crippen molar-refractivity contribution in [2.45, 2.75) is 63.7 Å². The van der Waals surface area contributed by atoms with Crippen molar-refractivity contribution >= 4 is 0 Å². The summed E-state index contributed by atoms with van der Waals surface area (Å²) in [7, 11) is 0. The molecule has 0 aromatic carbocycles. The van der Waals surface area contributed by atoms with E-state index in [0.29, 0.717) is 16.7 Å². The first-order chi connectivity index (χ1) is 9.98. The van der Waals surface area contributed by atoms with E-state index in [1.807, 2.05) is 0 Å². The highest BCUT2D eigenvalue weighted by atomic mass is 16.5. The van der Waals surface area contributed by atoms with Crippen LogP contribution in [0.25, 0.3) is 0 Å². The fourth-order valence-electron chi connectivity index (χ4n) is 6.78. The van der Waals surface area contributed by atoms with Crippen LogP contribution in [0, 0.1) is 16.7 Å². The van der Waals surface area contributed by atoms with Gasteiger partial charge in [-0.1, -0.05) is 19.0 Å². The highest BCUT2D eigenvalue weighted by molar-refractivity contribution is 5.22. The van der Waals surface area contributed by atoms with Gasteiger partial charge in [-0.25, -0.2) is 0 Å². The second-order valence-electron chi connectivity index (χ2n) is 9.22. The summed E-state index contributed by atoms with van der Waals surface area (Å²) >= 11 is 0. The van der Waals surface area contributed by atoms with E-state index in [2.05, 4.69) is 24.3 Å². The Balaban J connectivity index is 1.54. The zero-order valence-corrected chi connectivity index (χ0v) is 13.1. The van der Waals surface area contributed by atoms with Crippen LogP contribution in [0.1, 0.15) is 70.0 Å². The SMILES string of the molecule is CC12CC3CC(C)(C1)CC(c1noc(C4CNC4)n1)(C3)C2. The highest BCUT2D eigenvalue weighted by Gasteiger charge is 2.62. The first-order valence-corrected chi connectivity index (χ1v) is 8.53. The monoisotopic (exact) mass is 287 g/mol. The molecule has 1 aromatic rings. The standard InChI is InChI=1S/C17H25N3O/c1-15-3-11-4-16(2,8-15)10-17(5-11,9-15)14-19-13(21-20-14)12-6-18-7-12/h11-12,18H,3-10H2,1-2H3. The molecule has 4 aliphatic carbocycles. The molecule has 21 heavy (non-hydrogen) atoms. The minimum atomic E-state index is 0.210. The lowest BCUT2D eigenvalue weighted by atomic mass is 9.40. The third-order valence-electron chi connectivity index (χ3n) is 6.67. The molecule has 0 radical (unpaired) electrons. The Hall–Kier alpha value is -0.900. The van der Waals surface area contributed by atoms with E-state index in [0.717, 1.165) is 30.7 Å². The number of rotatable bonds is 2. The molecule has 2 heterocycles. The average Bonchev–Trinajstić information content (AvgIpc) is 2.71. The molecule has 1 saturated heterocycles. The molecule has 1 aliphatic heterocycles. The van der Waals surface area contributed by atoms with Gasteiger partial charge in [-0.2, -0.15) is 4.98 Å². The Morgan fingerprint density at radius 1 is 1.05 bits per heavy atom. The molecule has 0 amide bonds. The predicted molar refractivity (Wildman–Crippen MR) is 79.0 cm³/mol. The number of nitrogens with one attached hydrogen (secondary N) is 1. The minimum Gasteiger partial charge on any atom is -0.339 e. The molecule has 4 nitrogen and oxygen atoms in total. The quantitative estimate of drug-likeness (QED) is 0.908. The zero-order chi connectivity index (χ0) is 14.3. The molecule has 2 unspecified atom stereocenters.